The molecule has 0 aliphatic rings. The minimum atomic E-state index is 0.563. The van der Waals surface area contributed by atoms with E-state index in [1.165, 1.54) is 0 Å². The molecular weight excluding hydrogens is 246 g/mol. The molecule has 3 heteroatoms. The molecule has 2 N–H and O–H groups in total. The van der Waals surface area contributed by atoms with Gasteiger partial charge in [-0.15, -0.1) is 0 Å². The fraction of sp³-hybridized carbons (Fsp3) is 0.0588. The van der Waals surface area contributed by atoms with E-state index in [-0.39, 0.29) is 0 Å². The lowest BCUT2D eigenvalue weighted by molar-refractivity contribution is 1.36. The third-order valence-electron chi connectivity index (χ3n) is 3.03. The van der Waals surface area contributed by atoms with E-state index in [4.69, 9.17) is 16.3 Å². The van der Waals surface area contributed by atoms with Crippen molar-refractivity contribution in [1.82, 2.24) is 0 Å². The molecule has 0 aromatic heterocycles. The summed E-state index contributed by atoms with van der Waals surface area (Å²) in [5, 5.41) is 18.2. The monoisotopic (exact) mass is 259 g/mol. The van der Waals surface area contributed by atoms with Crippen LogP contribution in [0.15, 0.2) is 36.4 Å². The van der Waals surface area contributed by atoms with Gasteiger partial charge < -0.3 is 5.73 Å². The highest BCUT2D eigenvalue weighted by atomic mass is 14.5. The highest BCUT2D eigenvalue weighted by Gasteiger charge is 2.04. The van der Waals surface area contributed by atoms with Crippen LogP contribution in [-0.4, -0.2) is 0 Å². The minimum Gasteiger partial charge on any atom is -0.399 e. The van der Waals surface area contributed by atoms with E-state index < -0.39 is 0 Å². The number of nitrogen functional groups attached to an aromatic ring is 1. The summed E-state index contributed by atoms with van der Waals surface area (Å²) >= 11 is 0. The van der Waals surface area contributed by atoms with E-state index >= 15 is 0 Å². The van der Waals surface area contributed by atoms with Crippen molar-refractivity contribution in [2.75, 3.05) is 5.73 Å². The molecule has 20 heavy (non-hydrogen) atoms. The van der Waals surface area contributed by atoms with Crippen molar-refractivity contribution < 1.29 is 0 Å². The number of benzene rings is 2. The summed E-state index contributed by atoms with van der Waals surface area (Å²) in [5.74, 6) is 0. The van der Waals surface area contributed by atoms with E-state index in [1.807, 2.05) is 43.3 Å². The number of nitrogens with zero attached hydrogens (tertiary/aromatic N) is 2. The van der Waals surface area contributed by atoms with Crippen molar-refractivity contribution >= 4 is 17.8 Å². The Kier molecular flexibility index (Phi) is 3.84. The maximum atomic E-state index is 9.16. The van der Waals surface area contributed by atoms with E-state index in [9.17, 15) is 0 Å². The summed E-state index contributed by atoms with van der Waals surface area (Å²) in [5.41, 5.74) is 10.0. The molecule has 0 saturated carbocycles. The van der Waals surface area contributed by atoms with Gasteiger partial charge in [0.25, 0.3) is 0 Å². The highest BCUT2D eigenvalue weighted by molar-refractivity contribution is 5.74. The Hall–Kier alpha value is -3.04. The molecule has 2 aromatic carbocycles. The number of anilines is 1. The van der Waals surface area contributed by atoms with Crippen LogP contribution in [0, 0.1) is 29.6 Å². The molecule has 0 radical (unpaired) electrons. The van der Waals surface area contributed by atoms with Gasteiger partial charge >= 0.3 is 0 Å². The van der Waals surface area contributed by atoms with E-state index in [2.05, 4.69) is 12.1 Å². The lowest BCUT2D eigenvalue weighted by Crippen LogP contribution is -1.89. The van der Waals surface area contributed by atoms with Crippen LogP contribution >= 0.6 is 0 Å². The first-order valence-electron chi connectivity index (χ1n) is 6.12. The molecular formula is C17H13N3. The maximum Gasteiger partial charge on any atom is 0.0998 e. The van der Waals surface area contributed by atoms with Crippen molar-refractivity contribution in [3.63, 3.8) is 0 Å². The zero-order valence-corrected chi connectivity index (χ0v) is 11.1. The van der Waals surface area contributed by atoms with Crippen molar-refractivity contribution in [3.8, 4) is 12.1 Å². The maximum absolute atomic E-state index is 9.16. The van der Waals surface area contributed by atoms with Gasteiger partial charge in [-0.2, -0.15) is 10.5 Å². The number of nitrogens with two attached hydrogens (primary N) is 1. The molecule has 0 atom stereocenters. The van der Waals surface area contributed by atoms with Crippen molar-refractivity contribution in [2.24, 2.45) is 0 Å². The summed E-state index contributed by atoms with van der Waals surface area (Å²) in [6, 6.07) is 15.2. The summed E-state index contributed by atoms with van der Waals surface area (Å²) in [7, 11) is 0. The van der Waals surface area contributed by atoms with Gasteiger partial charge in [0.1, 0.15) is 0 Å². The summed E-state index contributed by atoms with van der Waals surface area (Å²) in [4.78, 5) is 0. The lowest BCUT2D eigenvalue weighted by atomic mass is 9.99. The molecule has 2 aromatic rings. The van der Waals surface area contributed by atoms with E-state index in [1.54, 1.807) is 12.1 Å². The van der Waals surface area contributed by atoms with Crippen LogP contribution in [-0.2, 0) is 0 Å². The molecule has 0 fully saturated rings. The predicted octanol–water partition coefficient (Wildman–Crippen LogP) is 3.49. The van der Waals surface area contributed by atoms with Gasteiger partial charge in [0, 0.05) is 5.69 Å². The van der Waals surface area contributed by atoms with Crippen LogP contribution in [0.5, 0.6) is 0 Å². The first kappa shape index (κ1) is 13.4. The number of hydrogen-bond acceptors (Lipinski definition) is 3. The summed E-state index contributed by atoms with van der Waals surface area (Å²) in [6.45, 7) is 1.83. The van der Waals surface area contributed by atoms with Crippen LogP contribution in [0.3, 0.4) is 0 Å². The first-order chi connectivity index (χ1) is 9.63. The molecule has 0 aliphatic heterocycles. The van der Waals surface area contributed by atoms with Crippen LogP contribution in [0.25, 0.3) is 12.2 Å². The summed E-state index contributed by atoms with van der Waals surface area (Å²) in [6.07, 6.45) is 3.73. The molecule has 3 nitrogen and oxygen atoms in total. The SMILES string of the molecule is Cc1cc(C#N)c(C=Cc2ccc(N)cc2)cc1C#N. The zero-order chi connectivity index (χ0) is 14.5. The van der Waals surface area contributed by atoms with Gasteiger partial charge in [0.15, 0.2) is 0 Å². The molecule has 96 valence electrons. The molecule has 0 unspecified atom stereocenters. The Morgan fingerprint density at radius 1 is 0.950 bits per heavy atom. The molecule has 0 bridgehead atoms. The molecule has 0 aliphatic carbocycles. The van der Waals surface area contributed by atoms with Gasteiger partial charge in [-0.05, 0) is 47.9 Å². The minimum absolute atomic E-state index is 0.563. The second kappa shape index (κ2) is 5.73. The molecule has 0 saturated heterocycles. The summed E-state index contributed by atoms with van der Waals surface area (Å²) < 4.78 is 0. The third-order valence-corrected chi connectivity index (χ3v) is 3.03. The number of nitriles is 2. The molecule has 2 rings (SSSR count). The van der Waals surface area contributed by atoms with Gasteiger partial charge in [-0.1, -0.05) is 24.3 Å². The fourth-order valence-corrected chi connectivity index (χ4v) is 1.87. The number of aryl methyl sites for hydroxylation is 1. The Morgan fingerprint density at radius 3 is 2.20 bits per heavy atom. The highest BCUT2D eigenvalue weighted by Crippen LogP contribution is 2.18. The predicted molar refractivity (Wildman–Crippen MR) is 80.4 cm³/mol. The largest absolute Gasteiger partial charge is 0.399 e. The first-order valence-corrected chi connectivity index (χ1v) is 6.12. The van der Waals surface area contributed by atoms with Crippen LogP contribution < -0.4 is 5.73 Å². The zero-order valence-electron chi connectivity index (χ0n) is 11.1. The van der Waals surface area contributed by atoms with Gasteiger partial charge in [0.05, 0.1) is 23.3 Å². The van der Waals surface area contributed by atoms with Crippen LogP contribution in [0.4, 0.5) is 5.69 Å². The smallest absolute Gasteiger partial charge is 0.0998 e. The second-order valence-electron chi connectivity index (χ2n) is 4.48. The van der Waals surface area contributed by atoms with E-state index in [0.717, 1.165) is 16.7 Å². The Morgan fingerprint density at radius 2 is 1.60 bits per heavy atom. The Balaban J connectivity index is 2.40. The van der Waals surface area contributed by atoms with Gasteiger partial charge in [0.2, 0.25) is 0 Å². The molecule has 0 amide bonds. The topological polar surface area (TPSA) is 73.6 Å². The molecule has 0 heterocycles. The average molecular weight is 259 g/mol. The Labute approximate surface area is 118 Å². The van der Waals surface area contributed by atoms with Gasteiger partial charge in [-0.25, -0.2) is 0 Å². The van der Waals surface area contributed by atoms with Crippen molar-refractivity contribution in [2.45, 2.75) is 6.92 Å². The van der Waals surface area contributed by atoms with E-state index in [0.29, 0.717) is 16.8 Å². The Bertz CT molecular complexity index is 742. The second-order valence-corrected chi connectivity index (χ2v) is 4.48. The number of rotatable bonds is 2. The van der Waals surface area contributed by atoms with Gasteiger partial charge in [-0.3, -0.25) is 0 Å². The third kappa shape index (κ3) is 2.85. The molecule has 0 spiro atoms. The average Bonchev–Trinajstić information content (AvgIpc) is 2.47. The van der Waals surface area contributed by atoms with Crippen molar-refractivity contribution in [3.05, 3.63) is 64.2 Å². The normalized spacial score (nSPS) is 10.2. The van der Waals surface area contributed by atoms with Crippen molar-refractivity contribution in [1.29, 1.82) is 10.5 Å². The van der Waals surface area contributed by atoms with Crippen LogP contribution in [0.1, 0.15) is 27.8 Å². The fourth-order valence-electron chi connectivity index (χ4n) is 1.87. The van der Waals surface area contributed by atoms with Crippen LogP contribution in [0.2, 0.25) is 0 Å². The number of hydrogen-bond donors (Lipinski definition) is 1. The lowest BCUT2D eigenvalue weighted by Gasteiger charge is -2.03. The standard InChI is InChI=1S/C17H13N3/c1-12-8-16(11-19)14(9-15(12)10-18)5-2-13-3-6-17(20)7-4-13/h2-9H,20H2,1H3. The quantitative estimate of drug-likeness (QED) is 0.662.